The fraction of sp³-hybridized carbons (Fsp3) is 0.267. The number of rotatable bonds is 8. The number of ether oxygens (including phenoxy) is 3. The summed E-state index contributed by atoms with van der Waals surface area (Å²) in [6, 6.07) is 8.25. The van der Waals surface area contributed by atoms with E-state index in [1.54, 1.807) is 30.3 Å². The molecular weight excluding hydrogens is 288 g/mol. The van der Waals surface area contributed by atoms with Crippen LogP contribution in [0.2, 0.25) is 0 Å². The summed E-state index contributed by atoms with van der Waals surface area (Å²) < 4.78 is 14.7. The Labute approximate surface area is 127 Å². The van der Waals surface area contributed by atoms with Crippen LogP contribution in [0.4, 0.5) is 0 Å². The normalized spacial score (nSPS) is 10.6. The van der Waals surface area contributed by atoms with Gasteiger partial charge in [-0.1, -0.05) is 12.1 Å². The van der Waals surface area contributed by atoms with Crippen LogP contribution in [-0.2, 0) is 19.1 Å². The zero-order valence-corrected chi connectivity index (χ0v) is 12.1. The molecular formula is C15H16N2O5. The Balaban J connectivity index is 2.70. The number of benzene rings is 1. The molecule has 2 N–H and O–H groups in total. The maximum Gasteiger partial charge on any atom is 0.348 e. The van der Waals surface area contributed by atoms with Crippen molar-refractivity contribution in [2.75, 3.05) is 26.9 Å². The largest absolute Gasteiger partial charge is 0.484 e. The summed E-state index contributed by atoms with van der Waals surface area (Å²) in [6.07, 6.45) is 1.40. The van der Waals surface area contributed by atoms with Crippen molar-refractivity contribution in [2.45, 2.75) is 0 Å². The summed E-state index contributed by atoms with van der Waals surface area (Å²) in [5.74, 6) is -0.833. The number of carbonyl (C=O) groups excluding carboxylic acids is 2. The third-order valence-corrected chi connectivity index (χ3v) is 2.43. The lowest BCUT2D eigenvalue weighted by molar-refractivity contribution is -0.139. The second kappa shape index (κ2) is 9.15. The third-order valence-electron chi connectivity index (χ3n) is 2.43. The first-order valence-corrected chi connectivity index (χ1v) is 6.36. The topological polar surface area (TPSA) is 112 Å². The molecule has 0 aliphatic rings. The molecule has 1 amide bonds. The molecule has 1 aromatic rings. The van der Waals surface area contributed by atoms with Gasteiger partial charge in [0.25, 0.3) is 5.91 Å². The molecule has 0 aromatic heterocycles. The summed E-state index contributed by atoms with van der Waals surface area (Å²) in [4.78, 5) is 22.3. The highest BCUT2D eigenvalue weighted by atomic mass is 16.6. The van der Waals surface area contributed by atoms with E-state index in [1.807, 2.05) is 0 Å². The van der Waals surface area contributed by atoms with Crippen LogP contribution in [0, 0.1) is 11.3 Å². The van der Waals surface area contributed by atoms with Crippen LogP contribution in [0.3, 0.4) is 0 Å². The minimum absolute atomic E-state index is 0.0776. The maximum absolute atomic E-state index is 11.7. The average Bonchev–Trinajstić information content (AvgIpc) is 2.51. The van der Waals surface area contributed by atoms with E-state index < -0.39 is 11.9 Å². The number of nitriles is 1. The SMILES string of the molecule is COCCOC(=O)C(C#N)=Cc1ccc(OCC(N)=O)cc1. The zero-order valence-electron chi connectivity index (χ0n) is 12.1. The van der Waals surface area contributed by atoms with Crippen molar-refractivity contribution in [3.05, 3.63) is 35.4 Å². The lowest BCUT2D eigenvalue weighted by Gasteiger charge is -2.04. The van der Waals surface area contributed by atoms with Gasteiger partial charge in [0, 0.05) is 7.11 Å². The number of carbonyl (C=O) groups is 2. The van der Waals surface area contributed by atoms with E-state index in [0.717, 1.165) is 0 Å². The highest BCUT2D eigenvalue weighted by Crippen LogP contribution is 2.15. The number of nitrogens with zero attached hydrogens (tertiary/aromatic N) is 1. The molecule has 7 nitrogen and oxygen atoms in total. The van der Waals surface area contributed by atoms with Gasteiger partial charge in [-0.25, -0.2) is 4.79 Å². The Hall–Kier alpha value is -2.85. The standard InChI is InChI=1S/C15H16N2O5/c1-20-6-7-21-15(19)12(9-16)8-11-2-4-13(5-3-11)22-10-14(17)18/h2-5,8H,6-7,10H2,1H3,(H2,17,18). The Morgan fingerprint density at radius 3 is 2.50 bits per heavy atom. The van der Waals surface area contributed by atoms with E-state index >= 15 is 0 Å². The van der Waals surface area contributed by atoms with Crippen LogP contribution < -0.4 is 10.5 Å². The van der Waals surface area contributed by atoms with Gasteiger partial charge in [0.2, 0.25) is 0 Å². The molecule has 0 heterocycles. The molecule has 0 radical (unpaired) electrons. The molecule has 0 fully saturated rings. The molecule has 0 saturated carbocycles. The Morgan fingerprint density at radius 1 is 1.27 bits per heavy atom. The van der Waals surface area contributed by atoms with Crippen LogP contribution in [0.25, 0.3) is 6.08 Å². The molecule has 0 aliphatic carbocycles. The molecule has 1 aromatic carbocycles. The summed E-state index contributed by atoms with van der Waals surface area (Å²) in [7, 11) is 1.48. The van der Waals surface area contributed by atoms with Gasteiger partial charge in [0.05, 0.1) is 6.61 Å². The van der Waals surface area contributed by atoms with Crippen LogP contribution in [0.1, 0.15) is 5.56 Å². The smallest absolute Gasteiger partial charge is 0.348 e. The van der Waals surface area contributed by atoms with Gasteiger partial charge >= 0.3 is 5.97 Å². The van der Waals surface area contributed by atoms with Gasteiger partial charge < -0.3 is 19.9 Å². The fourth-order valence-corrected chi connectivity index (χ4v) is 1.41. The molecule has 0 bridgehead atoms. The second-order valence-electron chi connectivity index (χ2n) is 4.12. The number of primary amides is 1. The Morgan fingerprint density at radius 2 is 1.95 bits per heavy atom. The molecule has 0 unspecified atom stereocenters. The van der Waals surface area contributed by atoms with Gasteiger partial charge in [-0.3, -0.25) is 4.79 Å². The van der Waals surface area contributed by atoms with E-state index in [-0.39, 0.29) is 25.4 Å². The number of hydrogen-bond acceptors (Lipinski definition) is 6. The molecule has 1 rings (SSSR count). The van der Waals surface area contributed by atoms with Crippen molar-refractivity contribution in [2.24, 2.45) is 5.73 Å². The average molecular weight is 304 g/mol. The fourth-order valence-electron chi connectivity index (χ4n) is 1.41. The summed E-state index contributed by atoms with van der Waals surface area (Å²) in [6.45, 7) is 0.120. The quantitative estimate of drug-likeness (QED) is 0.326. The highest BCUT2D eigenvalue weighted by Gasteiger charge is 2.10. The predicted octanol–water partition coefficient (Wildman–Crippen LogP) is 0.647. The van der Waals surface area contributed by atoms with Crippen LogP contribution in [0.15, 0.2) is 29.8 Å². The first kappa shape index (κ1) is 17.2. The van der Waals surface area contributed by atoms with E-state index in [0.29, 0.717) is 11.3 Å². The number of amides is 1. The van der Waals surface area contributed by atoms with Crippen molar-refractivity contribution in [1.29, 1.82) is 5.26 Å². The Kier molecular flexibility index (Phi) is 7.16. The lowest BCUT2D eigenvalue weighted by atomic mass is 10.1. The van der Waals surface area contributed by atoms with E-state index in [4.69, 9.17) is 25.2 Å². The minimum atomic E-state index is -0.714. The monoisotopic (exact) mass is 304 g/mol. The van der Waals surface area contributed by atoms with Crippen molar-refractivity contribution in [3.8, 4) is 11.8 Å². The first-order valence-electron chi connectivity index (χ1n) is 6.36. The van der Waals surface area contributed by atoms with E-state index in [1.165, 1.54) is 13.2 Å². The van der Waals surface area contributed by atoms with Gasteiger partial charge in [-0.05, 0) is 23.8 Å². The van der Waals surface area contributed by atoms with Gasteiger partial charge in [0.15, 0.2) is 6.61 Å². The van der Waals surface area contributed by atoms with Gasteiger partial charge in [-0.2, -0.15) is 5.26 Å². The van der Waals surface area contributed by atoms with E-state index in [2.05, 4.69) is 0 Å². The van der Waals surface area contributed by atoms with Crippen molar-refractivity contribution in [3.63, 3.8) is 0 Å². The molecule has 0 saturated heterocycles. The molecule has 22 heavy (non-hydrogen) atoms. The highest BCUT2D eigenvalue weighted by molar-refractivity contribution is 5.97. The Bertz CT molecular complexity index is 587. The van der Waals surface area contributed by atoms with Crippen molar-refractivity contribution < 1.29 is 23.8 Å². The van der Waals surface area contributed by atoms with Crippen LogP contribution in [-0.4, -0.2) is 38.8 Å². The number of methoxy groups -OCH3 is 1. The van der Waals surface area contributed by atoms with Crippen LogP contribution >= 0.6 is 0 Å². The lowest BCUT2D eigenvalue weighted by Crippen LogP contribution is -2.19. The number of hydrogen-bond donors (Lipinski definition) is 1. The summed E-state index contributed by atoms with van der Waals surface area (Å²) in [5.41, 5.74) is 5.46. The zero-order chi connectivity index (χ0) is 16.4. The van der Waals surface area contributed by atoms with E-state index in [9.17, 15) is 9.59 Å². The van der Waals surface area contributed by atoms with Gasteiger partial charge in [-0.15, -0.1) is 0 Å². The van der Waals surface area contributed by atoms with Crippen LogP contribution in [0.5, 0.6) is 5.75 Å². The minimum Gasteiger partial charge on any atom is -0.484 e. The molecule has 7 heteroatoms. The summed E-state index contributed by atoms with van der Waals surface area (Å²) in [5, 5.41) is 8.99. The third kappa shape index (κ3) is 6.07. The predicted molar refractivity (Wildman–Crippen MR) is 77.6 cm³/mol. The summed E-state index contributed by atoms with van der Waals surface area (Å²) >= 11 is 0. The first-order chi connectivity index (χ1) is 10.6. The molecule has 0 aliphatic heterocycles. The molecule has 116 valence electrons. The van der Waals surface area contributed by atoms with Gasteiger partial charge in [0.1, 0.15) is 24.0 Å². The number of esters is 1. The maximum atomic E-state index is 11.7. The number of nitrogens with two attached hydrogens (primary N) is 1. The second-order valence-corrected chi connectivity index (χ2v) is 4.12. The molecule has 0 atom stereocenters. The van der Waals surface area contributed by atoms with Crippen molar-refractivity contribution in [1.82, 2.24) is 0 Å². The molecule has 0 spiro atoms. The van der Waals surface area contributed by atoms with Crippen molar-refractivity contribution >= 4 is 18.0 Å².